The fourth-order valence-electron chi connectivity index (χ4n) is 2.46. The Balaban J connectivity index is 2.06. The van der Waals surface area contributed by atoms with E-state index < -0.39 is 0 Å². The Morgan fingerprint density at radius 1 is 1.46 bits per heavy atom. The minimum absolute atomic E-state index is 0.0320. The van der Waals surface area contributed by atoms with Crippen LogP contribution in [0.15, 0.2) is 0 Å². The Morgan fingerprint density at radius 3 is 2.54 bits per heavy atom. The number of likely N-dealkylation sites (tertiary alicyclic amines) is 1. The SMILES string of the molecule is CC(C)N1CCC(C#N)(C2CC2)C1. The van der Waals surface area contributed by atoms with Crippen molar-refractivity contribution in [3.63, 3.8) is 0 Å². The summed E-state index contributed by atoms with van der Waals surface area (Å²) in [4.78, 5) is 2.45. The van der Waals surface area contributed by atoms with Crippen molar-refractivity contribution in [3.8, 4) is 6.07 Å². The molecule has 1 atom stereocenters. The van der Waals surface area contributed by atoms with Crippen LogP contribution < -0.4 is 0 Å². The van der Waals surface area contributed by atoms with Crippen molar-refractivity contribution < 1.29 is 0 Å². The second kappa shape index (κ2) is 2.99. The first-order chi connectivity index (χ1) is 6.18. The molecular formula is C11H18N2. The Hall–Kier alpha value is -0.550. The molecule has 0 bridgehead atoms. The molecule has 2 nitrogen and oxygen atoms in total. The lowest BCUT2D eigenvalue weighted by atomic mass is 9.83. The van der Waals surface area contributed by atoms with Gasteiger partial charge in [-0.3, -0.25) is 4.90 Å². The molecule has 2 rings (SSSR count). The summed E-state index contributed by atoms with van der Waals surface area (Å²) in [6.45, 7) is 6.59. The van der Waals surface area contributed by atoms with Gasteiger partial charge < -0.3 is 0 Å². The van der Waals surface area contributed by atoms with Crippen molar-refractivity contribution in [1.82, 2.24) is 4.90 Å². The third-order valence-electron chi connectivity index (χ3n) is 3.64. The molecule has 0 aromatic heterocycles. The van der Waals surface area contributed by atoms with Gasteiger partial charge in [-0.2, -0.15) is 5.26 Å². The normalized spacial score (nSPS) is 35.2. The molecule has 1 saturated carbocycles. The molecule has 0 aromatic carbocycles. The minimum Gasteiger partial charge on any atom is -0.299 e. The maximum atomic E-state index is 9.25. The summed E-state index contributed by atoms with van der Waals surface area (Å²) in [6.07, 6.45) is 3.69. The molecule has 1 saturated heterocycles. The molecule has 0 amide bonds. The van der Waals surface area contributed by atoms with Crippen LogP contribution in [-0.4, -0.2) is 24.0 Å². The van der Waals surface area contributed by atoms with Crippen molar-refractivity contribution in [2.45, 2.75) is 39.2 Å². The van der Waals surface area contributed by atoms with Gasteiger partial charge >= 0.3 is 0 Å². The molecule has 13 heavy (non-hydrogen) atoms. The predicted molar refractivity (Wildman–Crippen MR) is 52.1 cm³/mol. The predicted octanol–water partition coefficient (Wildman–Crippen LogP) is 2.02. The van der Waals surface area contributed by atoms with E-state index in [1.807, 2.05) is 0 Å². The van der Waals surface area contributed by atoms with E-state index in [9.17, 15) is 5.26 Å². The lowest BCUT2D eigenvalue weighted by Gasteiger charge is -2.23. The van der Waals surface area contributed by atoms with Crippen LogP contribution in [0.2, 0.25) is 0 Å². The third kappa shape index (κ3) is 1.46. The molecule has 2 heteroatoms. The van der Waals surface area contributed by atoms with E-state index in [0.717, 1.165) is 25.4 Å². The highest BCUT2D eigenvalue weighted by Gasteiger charge is 2.49. The zero-order valence-electron chi connectivity index (χ0n) is 8.58. The van der Waals surface area contributed by atoms with Crippen LogP contribution in [0.5, 0.6) is 0 Å². The summed E-state index contributed by atoms with van der Waals surface area (Å²) in [6, 6.07) is 3.19. The number of hydrogen-bond acceptors (Lipinski definition) is 2. The van der Waals surface area contributed by atoms with Crippen molar-refractivity contribution in [2.24, 2.45) is 11.3 Å². The second-order valence-corrected chi connectivity index (χ2v) is 4.86. The Bertz CT molecular complexity index is 237. The fourth-order valence-corrected chi connectivity index (χ4v) is 2.46. The molecule has 0 aromatic rings. The lowest BCUT2D eigenvalue weighted by Crippen LogP contribution is -2.32. The maximum Gasteiger partial charge on any atom is 0.0741 e. The average molecular weight is 178 g/mol. The molecule has 1 aliphatic heterocycles. The van der Waals surface area contributed by atoms with Gasteiger partial charge in [0.15, 0.2) is 0 Å². The highest BCUT2D eigenvalue weighted by molar-refractivity contribution is 5.12. The van der Waals surface area contributed by atoms with E-state index in [2.05, 4.69) is 24.8 Å². The molecule has 1 aliphatic carbocycles. The molecule has 0 N–H and O–H groups in total. The average Bonchev–Trinajstić information content (AvgIpc) is 2.86. The van der Waals surface area contributed by atoms with E-state index in [0.29, 0.717) is 6.04 Å². The smallest absolute Gasteiger partial charge is 0.0741 e. The molecule has 2 aliphatic rings. The van der Waals surface area contributed by atoms with Crippen molar-refractivity contribution >= 4 is 0 Å². The van der Waals surface area contributed by atoms with Crippen LogP contribution in [0.1, 0.15) is 33.1 Å². The lowest BCUT2D eigenvalue weighted by molar-refractivity contribution is 0.239. The first kappa shape index (κ1) is 9.02. The van der Waals surface area contributed by atoms with E-state index in [1.165, 1.54) is 12.8 Å². The first-order valence-electron chi connectivity index (χ1n) is 5.33. The number of hydrogen-bond donors (Lipinski definition) is 0. The molecular weight excluding hydrogens is 160 g/mol. The van der Waals surface area contributed by atoms with Crippen molar-refractivity contribution in [3.05, 3.63) is 0 Å². The van der Waals surface area contributed by atoms with E-state index in [1.54, 1.807) is 0 Å². The van der Waals surface area contributed by atoms with Crippen LogP contribution >= 0.6 is 0 Å². The first-order valence-corrected chi connectivity index (χ1v) is 5.33. The standard InChI is InChI=1S/C11H18N2/c1-9(2)13-6-5-11(7-12,8-13)10-3-4-10/h9-10H,3-6,8H2,1-2H3. The van der Waals surface area contributed by atoms with Gasteiger partial charge in [-0.15, -0.1) is 0 Å². The quantitative estimate of drug-likeness (QED) is 0.647. The third-order valence-corrected chi connectivity index (χ3v) is 3.64. The fraction of sp³-hybridized carbons (Fsp3) is 0.909. The Morgan fingerprint density at radius 2 is 2.15 bits per heavy atom. The summed E-state index contributed by atoms with van der Waals surface area (Å²) in [7, 11) is 0. The van der Waals surface area contributed by atoms with Crippen LogP contribution in [0.3, 0.4) is 0 Å². The second-order valence-electron chi connectivity index (χ2n) is 4.86. The number of nitrogens with zero attached hydrogens (tertiary/aromatic N) is 2. The van der Waals surface area contributed by atoms with Gasteiger partial charge in [0.25, 0.3) is 0 Å². The van der Waals surface area contributed by atoms with Crippen LogP contribution in [-0.2, 0) is 0 Å². The summed E-state index contributed by atoms with van der Waals surface area (Å²) >= 11 is 0. The van der Waals surface area contributed by atoms with Gasteiger partial charge in [-0.1, -0.05) is 0 Å². The highest BCUT2D eigenvalue weighted by atomic mass is 15.2. The zero-order valence-corrected chi connectivity index (χ0v) is 8.58. The molecule has 2 fully saturated rings. The Labute approximate surface area is 80.5 Å². The van der Waals surface area contributed by atoms with E-state index in [4.69, 9.17) is 0 Å². The summed E-state index contributed by atoms with van der Waals surface area (Å²) in [5, 5.41) is 9.25. The molecule has 72 valence electrons. The maximum absolute atomic E-state index is 9.25. The molecule has 1 heterocycles. The van der Waals surface area contributed by atoms with Gasteiger partial charge in [0.05, 0.1) is 11.5 Å². The highest BCUT2D eigenvalue weighted by Crippen LogP contribution is 2.50. The van der Waals surface area contributed by atoms with E-state index in [-0.39, 0.29) is 5.41 Å². The van der Waals surface area contributed by atoms with Gasteiger partial charge in [0.1, 0.15) is 0 Å². The Kier molecular flexibility index (Phi) is 2.08. The van der Waals surface area contributed by atoms with E-state index >= 15 is 0 Å². The summed E-state index contributed by atoms with van der Waals surface area (Å²) in [5.74, 6) is 0.723. The van der Waals surface area contributed by atoms with Gasteiger partial charge in [-0.05, 0) is 39.0 Å². The van der Waals surface area contributed by atoms with Crippen LogP contribution in [0, 0.1) is 22.7 Å². The molecule has 0 spiro atoms. The van der Waals surface area contributed by atoms with Crippen LogP contribution in [0.25, 0.3) is 0 Å². The summed E-state index contributed by atoms with van der Waals surface area (Å²) < 4.78 is 0. The number of nitriles is 1. The largest absolute Gasteiger partial charge is 0.299 e. The van der Waals surface area contributed by atoms with Crippen molar-refractivity contribution in [1.29, 1.82) is 5.26 Å². The zero-order chi connectivity index (χ0) is 9.47. The van der Waals surface area contributed by atoms with Gasteiger partial charge in [-0.25, -0.2) is 0 Å². The monoisotopic (exact) mass is 178 g/mol. The topological polar surface area (TPSA) is 27.0 Å². The minimum atomic E-state index is 0.0320. The molecule has 1 unspecified atom stereocenters. The number of rotatable bonds is 2. The molecule has 0 radical (unpaired) electrons. The van der Waals surface area contributed by atoms with Gasteiger partial charge in [0.2, 0.25) is 0 Å². The van der Waals surface area contributed by atoms with Crippen LogP contribution in [0.4, 0.5) is 0 Å². The van der Waals surface area contributed by atoms with Crippen molar-refractivity contribution in [2.75, 3.05) is 13.1 Å². The summed E-state index contributed by atoms with van der Waals surface area (Å²) in [5.41, 5.74) is 0.0320. The van der Waals surface area contributed by atoms with Gasteiger partial charge in [0, 0.05) is 19.1 Å².